The molecule has 2 fully saturated rings. The molecule has 228 valence electrons. The van der Waals surface area contributed by atoms with E-state index in [4.69, 9.17) is 9.47 Å². The van der Waals surface area contributed by atoms with Crippen molar-refractivity contribution in [3.8, 4) is 11.1 Å². The lowest BCUT2D eigenvalue weighted by atomic mass is 9.97. The fourth-order valence-electron chi connectivity index (χ4n) is 6.28. The number of rotatable bonds is 12. The molecule has 1 aliphatic heterocycles. The van der Waals surface area contributed by atoms with E-state index < -0.39 is 6.29 Å². The second kappa shape index (κ2) is 15.3. The maximum absolute atomic E-state index is 12.0. The molecule has 0 radical (unpaired) electrons. The number of benzene rings is 3. The summed E-state index contributed by atoms with van der Waals surface area (Å²) in [5, 5.41) is 15.3. The van der Waals surface area contributed by atoms with Crippen LogP contribution in [0, 0.1) is 0 Å². The minimum atomic E-state index is -0.501. The zero-order valence-corrected chi connectivity index (χ0v) is 25.2. The number of ether oxygens (including phenoxy) is 2. The summed E-state index contributed by atoms with van der Waals surface area (Å²) in [5.74, 6) is 0. The largest absolute Gasteiger partial charge is 0.392 e. The van der Waals surface area contributed by atoms with Crippen LogP contribution in [-0.4, -0.2) is 47.8 Å². The van der Waals surface area contributed by atoms with E-state index in [1.54, 1.807) is 0 Å². The molecule has 43 heavy (non-hydrogen) atoms. The molecule has 3 aromatic rings. The van der Waals surface area contributed by atoms with Crippen molar-refractivity contribution in [1.29, 1.82) is 0 Å². The lowest BCUT2D eigenvalue weighted by Gasteiger charge is -2.39. The van der Waals surface area contributed by atoms with Crippen LogP contribution in [0.15, 0.2) is 85.5 Å². The van der Waals surface area contributed by atoms with E-state index in [9.17, 15) is 9.90 Å². The van der Waals surface area contributed by atoms with Gasteiger partial charge in [0.15, 0.2) is 6.29 Å². The number of hydrogen-bond acceptors (Lipinski definition) is 5. The predicted octanol–water partition coefficient (Wildman–Crippen LogP) is 6.64. The first kappa shape index (κ1) is 31.0. The summed E-state index contributed by atoms with van der Waals surface area (Å²) in [6.45, 7) is 8.67. The van der Waals surface area contributed by atoms with Crippen molar-refractivity contribution in [2.45, 2.75) is 76.7 Å². The van der Waals surface area contributed by atoms with Gasteiger partial charge in [0.05, 0.1) is 18.8 Å². The van der Waals surface area contributed by atoms with Crippen molar-refractivity contribution in [2.75, 3.05) is 19.6 Å². The quantitative estimate of drug-likeness (QED) is 0.208. The molecule has 2 aliphatic rings. The van der Waals surface area contributed by atoms with E-state index in [-0.39, 0.29) is 24.8 Å². The lowest BCUT2D eigenvalue weighted by Crippen LogP contribution is -2.43. The SMILES string of the molecule is C=CCN(CC1CC(c2ccc(CO)cc2)OC(c2ccc(-c3ccccc3CNC(=O)NCC)cc2)O1)C1CCCC1. The summed E-state index contributed by atoms with van der Waals surface area (Å²) in [5.41, 5.74) is 6.15. The highest BCUT2D eigenvalue weighted by Crippen LogP contribution is 2.39. The molecular weight excluding hydrogens is 538 g/mol. The highest BCUT2D eigenvalue weighted by atomic mass is 16.7. The minimum absolute atomic E-state index is 0.00237. The van der Waals surface area contributed by atoms with Crippen LogP contribution in [0.4, 0.5) is 4.79 Å². The van der Waals surface area contributed by atoms with Gasteiger partial charge in [-0.15, -0.1) is 6.58 Å². The summed E-state index contributed by atoms with van der Waals surface area (Å²) in [4.78, 5) is 14.5. The van der Waals surface area contributed by atoms with Gasteiger partial charge < -0.3 is 25.2 Å². The fourth-order valence-corrected chi connectivity index (χ4v) is 6.28. The van der Waals surface area contributed by atoms with Gasteiger partial charge in [-0.3, -0.25) is 4.90 Å². The van der Waals surface area contributed by atoms with Gasteiger partial charge in [-0.2, -0.15) is 0 Å². The smallest absolute Gasteiger partial charge is 0.315 e. The molecule has 0 aromatic heterocycles. The molecular formula is C36H45N3O4. The molecule has 1 aliphatic carbocycles. The number of nitrogens with zero attached hydrogens (tertiary/aromatic N) is 1. The highest BCUT2D eigenvalue weighted by Gasteiger charge is 2.34. The Labute approximate surface area is 255 Å². The summed E-state index contributed by atoms with van der Waals surface area (Å²) in [6, 6.07) is 25.0. The molecule has 0 bridgehead atoms. The van der Waals surface area contributed by atoms with Gasteiger partial charge in [0.2, 0.25) is 0 Å². The molecule has 1 saturated carbocycles. The van der Waals surface area contributed by atoms with E-state index in [1.165, 1.54) is 25.7 Å². The first-order valence-electron chi connectivity index (χ1n) is 15.6. The third kappa shape index (κ3) is 8.12. The maximum atomic E-state index is 12.0. The summed E-state index contributed by atoms with van der Waals surface area (Å²) in [6.07, 6.45) is 7.18. The molecule has 3 unspecified atom stereocenters. The number of nitrogens with one attached hydrogen (secondary N) is 2. The van der Waals surface area contributed by atoms with Crippen LogP contribution in [0.5, 0.6) is 0 Å². The summed E-state index contributed by atoms with van der Waals surface area (Å²) in [7, 11) is 0. The van der Waals surface area contributed by atoms with Gasteiger partial charge >= 0.3 is 6.03 Å². The van der Waals surface area contributed by atoms with Gasteiger partial charge in [0, 0.05) is 44.2 Å². The molecule has 0 spiro atoms. The van der Waals surface area contributed by atoms with E-state index >= 15 is 0 Å². The molecule has 1 heterocycles. The summed E-state index contributed by atoms with van der Waals surface area (Å²) >= 11 is 0. The van der Waals surface area contributed by atoms with Crippen LogP contribution >= 0.6 is 0 Å². The van der Waals surface area contributed by atoms with E-state index in [0.29, 0.717) is 19.1 Å². The number of aliphatic hydroxyl groups is 1. The second-order valence-corrected chi connectivity index (χ2v) is 11.5. The normalized spacial score (nSPS) is 20.7. The second-order valence-electron chi connectivity index (χ2n) is 11.5. The first-order valence-corrected chi connectivity index (χ1v) is 15.6. The summed E-state index contributed by atoms with van der Waals surface area (Å²) < 4.78 is 13.3. The highest BCUT2D eigenvalue weighted by molar-refractivity contribution is 5.74. The zero-order valence-electron chi connectivity index (χ0n) is 25.2. The number of aliphatic hydroxyl groups excluding tert-OH is 1. The average Bonchev–Trinajstić information content (AvgIpc) is 3.59. The fraction of sp³-hybridized carbons (Fsp3) is 0.417. The van der Waals surface area contributed by atoms with Crippen molar-refractivity contribution in [3.63, 3.8) is 0 Å². The Morgan fingerprint density at radius 2 is 1.70 bits per heavy atom. The lowest BCUT2D eigenvalue weighted by molar-refractivity contribution is -0.253. The van der Waals surface area contributed by atoms with Gasteiger partial charge in [-0.05, 0) is 47.6 Å². The monoisotopic (exact) mass is 583 g/mol. The molecule has 3 atom stereocenters. The molecule has 7 nitrogen and oxygen atoms in total. The van der Waals surface area contributed by atoms with Crippen LogP contribution in [0.1, 0.15) is 73.7 Å². The first-order chi connectivity index (χ1) is 21.1. The maximum Gasteiger partial charge on any atom is 0.315 e. The number of carbonyl (C=O) groups is 1. The Morgan fingerprint density at radius 1 is 0.977 bits per heavy atom. The van der Waals surface area contributed by atoms with Gasteiger partial charge in [-0.25, -0.2) is 4.79 Å². The number of urea groups is 1. The predicted molar refractivity (Wildman–Crippen MR) is 170 cm³/mol. The Kier molecular flexibility index (Phi) is 11.0. The van der Waals surface area contributed by atoms with Crippen molar-refractivity contribution in [2.24, 2.45) is 0 Å². The van der Waals surface area contributed by atoms with E-state index in [0.717, 1.165) is 52.9 Å². The third-order valence-corrected chi connectivity index (χ3v) is 8.55. The third-order valence-electron chi connectivity index (χ3n) is 8.55. The molecule has 1 saturated heterocycles. The Balaban J connectivity index is 1.36. The van der Waals surface area contributed by atoms with Crippen molar-refractivity contribution >= 4 is 6.03 Å². The van der Waals surface area contributed by atoms with Gasteiger partial charge in [0.1, 0.15) is 0 Å². The Morgan fingerprint density at radius 3 is 2.40 bits per heavy atom. The number of amides is 2. The number of hydrogen-bond donors (Lipinski definition) is 3. The van der Waals surface area contributed by atoms with Gasteiger partial charge in [0.25, 0.3) is 0 Å². The van der Waals surface area contributed by atoms with Crippen LogP contribution in [-0.2, 0) is 22.6 Å². The zero-order chi connectivity index (χ0) is 30.0. The van der Waals surface area contributed by atoms with Crippen molar-refractivity contribution in [1.82, 2.24) is 15.5 Å². The topological polar surface area (TPSA) is 83.1 Å². The molecule has 5 rings (SSSR count). The van der Waals surface area contributed by atoms with Crippen LogP contribution in [0.2, 0.25) is 0 Å². The van der Waals surface area contributed by atoms with Crippen LogP contribution < -0.4 is 10.6 Å². The average molecular weight is 584 g/mol. The Hall–Kier alpha value is -3.49. The standard InChI is InChI=1S/C36H45N3O4/c1-3-21-39(31-10-6-7-11-31)24-32-22-34(28-15-13-26(25-40)14-16-28)43-35(42-32)29-19-17-27(18-20-29)33-12-8-5-9-30(33)23-38-36(41)37-4-2/h3,5,8-9,12-20,31-32,34-35,40H,1,4,6-7,10-11,21-25H2,2H3,(H2,37,38,41). The number of carbonyl (C=O) groups excluding carboxylic acids is 1. The molecule has 7 heteroatoms. The minimum Gasteiger partial charge on any atom is -0.392 e. The molecule has 3 aromatic carbocycles. The van der Waals surface area contributed by atoms with Crippen molar-refractivity contribution in [3.05, 3.63) is 108 Å². The van der Waals surface area contributed by atoms with E-state index in [1.807, 2.05) is 43.3 Å². The molecule has 3 N–H and O–H groups in total. The van der Waals surface area contributed by atoms with Gasteiger partial charge in [-0.1, -0.05) is 91.7 Å². The molecule has 2 amide bonds. The van der Waals surface area contributed by atoms with Crippen molar-refractivity contribution < 1.29 is 19.4 Å². The Bertz CT molecular complexity index is 1320. The van der Waals surface area contributed by atoms with Crippen LogP contribution in [0.25, 0.3) is 11.1 Å². The van der Waals surface area contributed by atoms with E-state index in [2.05, 4.69) is 64.6 Å². The van der Waals surface area contributed by atoms with Crippen LogP contribution in [0.3, 0.4) is 0 Å².